The van der Waals surface area contributed by atoms with Gasteiger partial charge in [0.1, 0.15) is 0 Å². The largest absolute Gasteiger partial charge is 0.323 e. The molecule has 7 nitrogen and oxygen atoms in total. The highest BCUT2D eigenvalue weighted by Crippen LogP contribution is 2.30. The number of carbonyl (C=O) groups is 2. The predicted octanol–water partition coefficient (Wildman–Crippen LogP) is 6.83. The van der Waals surface area contributed by atoms with Gasteiger partial charge in [-0.3, -0.25) is 9.59 Å². The van der Waals surface area contributed by atoms with Crippen LogP contribution in [0.2, 0.25) is 5.02 Å². The molecule has 1 aliphatic rings. The molecular formula is C29H39BrClN3O4S. The molecule has 0 bridgehead atoms. The number of alkyl halides is 1. The molecule has 0 spiro atoms. The second-order valence-corrected chi connectivity index (χ2v) is 13.0. The lowest BCUT2D eigenvalue weighted by molar-refractivity contribution is -0.124. The quantitative estimate of drug-likeness (QED) is 0.119. The number of para-hydroxylation sites is 1. The monoisotopic (exact) mass is 639 g/mol. The number of unbranched alkanes of at least 4 members (excludes halogenated alkanes) is 9. The van der Waals surface area contributed by atoms with Crippen LogP contribution in [0.4, 0.5) is 11.4 Å². The number of halogens is 2. The normalized spacial score (nSPS) is 13.8. The van der Waals surface area contributed by atoms with Crippen molar-refractivity contribution in [1.82, 2.24) is 4.72 Å². The summed E-state index contributed by atoms with van der Waals surface area (Å²) in [6, 6.07) is 11.7. The van der Waals surface area contributed by atoms with E-state index in [0.29, 0.717) is 13.1 Å². The van der Waals surface area contributed by atoms with Crippen molar-refractivity contribution >= 4 is 60.7 Å². The van der Waals surface area contributed by atoms with Crippen LogP contribution in [0.1, 0.15) is 76.7 Å². The lowest BCUT2D eigenvalue weighted by atomic mass is 10.1. The van der Waals surface area contributed by atoms with Crippen LogP contribution in [0.25, 0.3) is 0 Å². The number of sulfonamides is 1. The lowest BCUT2D eigenvalue weighted by Gasteiger charge is -2.20. The molecule has 0 aromatic heterocycles. The molecule has 0 fully saturated rings. The summed E-state index contributed by atoms with van der Waals surface area (Å²) < 4.78 is 28.3. The number of anilines is 2. The van der Waals surface area contributed by atoms with E-state index in [1.165, 1.54) is 63.1 Å². The summed E-state index contributed by atoms with van der Waals surface area (Å²) in [5.41, 5.74) is 1.97. The van der Waals surface area contributed by atoms with Gasteiger partial charge in [0.05, 0.1) is 15.6 Å². The van der Waals surface area contributed by atoms with Gasteiger partial charge in [0, 0.05) is 18.8 Å². The van der Waals surface area contributed by atoms with Crippen molar-refractivity contribution in [3.8, 4) is 0 Å². The van der Waals surface area contributed by atoms with E-state index in [2.05, 4.69) is 32.9 Å². The first kappa shape index (κ1) is 31.6. The van der Waals surface area contributed by atoms with Crippen molar-refractivity contribution in [3.63, 3.8) is 0 Å². The first-order valence-corrected chi connectivity index (χ1v) is 16.7. The molecular weight excluding hydrogens is 602 g/mol. The summed E-state index contributed by atoms with van der Waals surface area (Å²) in [6.45, 7) is 3.06. The minimum atomic E-state index is -3.78. The molecule has 2 N–H and O–H groups in total. The summed E-state index contributed by atoms with van der Waals surface area (Å²) >= 11 is 9.46. The highest BCUT2D eigenvalue weighted by atomic mass is 79.9. The Balaban J connectivity index is 1.48. The third-order valence-corrected chi connectivity index (χ3v) is 9.52. The zero-order valence-corrected chi connectivity index (χ0v) is 25.7. The molecule has 214 valence electrons. The zero-order chi connectivity index (χ0) is 28.3. The molecule has 1 atom stereocenters. The average molecular weight is 641 g/mol. The lowest BCUT2D eigenvalue weighted by Crippen LogP contribution is -2.41. The maximum absolute atomic E-state index is 13.0. The van der Waals surface area contributed by atoms with Crippen molar-refractivity contribution in [2.75, 3.05) is 23.3 Å². The Labute approximate surface area is 246 Å². The number of rotatable bonds is 16. The smallest absolute Gasteiger partial charge is 0.250 e. The standard InChI is InChI=1S/C29H39BrClN3O4S/c1-2-3-4-5-6-7-8-9-10-13-19-32-39(37,38)23-16-17-24(31)25(21-23)33-28(35)27(30)29(36)34-20-18-22-14-11-12-15-26(22)34/h11-12,14-17,21,27,32H,2-10,13,18-20H2,1H3,(H,33,35). The number of hydrogen-bond donors (Lipinski definition) is 2. The number of nitrogens with one attached hydrogen (secondary N) is 2. The van der Waals surface area contributed by atoms with E-state index < -0.39 is 26.7 Å². The van der Waals surface area contributed by atoms with Crippen LogP contribution >= 0.6 is 27.5 Å². The molecule has 39 heavy (non-hydrogen) atoms. The minimum absolute atomic E-state index is 0.000184. The van der Waals surface area contributed by atoms with Crippen LogP contribution in [0.15, 0.2) is 47.4 Å². The summed E-state index contributed by atoms with van der Waals surface area (Å²) in [4.78, 5) is 26.3. The van der Waals surface area contributed by atoms with Crippen molar-refractivity contribution in [3.05, 3.63) is 53.1 Å². The Morgan fingerprint density at radius 3 is 2.31 bits per heavy atom. The first-order valence-electron chi connectivity index (χ1n) is 13.9. The van der Waals surface area contributed by atoms with E-state index in [-0.39, 0.29) is 15.6 Å². The van der Waals surface area contributed by atoms with Gasteiger partial charge >= 0.3 is 0 Å². The van der Waals surface area contributed by atoms with Gasteiger partial charge in [-0.05, 0) is 42.7 Å². The summed E-state index contributed by atoms with van der Waals surface area (Å²) in [7, 11) is -3.78. The molecule has 2 aromatic rings. The van der Waals surface area contributed by atoms with Crippen LogP contribution in [-0.4, -0.2) is 38.1 Å². The summed E-state index contributed by atoms with van der Waals surface area (Å²) in [5.74, 6) is -1.02. The van der Waals surface area contributed by atoms with Crippen LogP contribution in [0, 0.1) is 0 Å². The number of carbonyl (C=O) groups excluding carboxylic acids is 2. The summed E-state index contributed by atoms with van der Waals surface area (Å²) in [6.07, 6.45) is 12.4. The molecule has 2 aromatic carbocycles. The van der Waals surface area contributed by atoms with Crippen molar-refractivity contribution in [1.29, 1.82) is 0 Å². The third-order valence-electron chi connectivity index (χ3n) is 6.93. The molecule has 0 radical (unpaired) electrons. The van der Waals surface area contributed by atoms with Gasteiger partial charge in [0.2, 0.25) is 21.8 Å². The van der Waals surface area contributed by atoms with Gasteiger partial charge < -0.3 is 10.2 Å². The van der Waals surface area contributed by atoms with Crippen molar-refractivity contribution < 1.29 is 18.0 Å². The van der Waals surface area contributed by atoms with Gasteiger partial charge in [-0.25, -0.2) is 13.1 Å². The Kier molecular flexibility index (Phi) is 12.8. The van der Waals surface area contributed by atoms with Crippen molar-refractivity contribution in [2.24, 2.45) is 0 Å². The second-order valence-electron chi connectivity index (χ2n) is 9.94. The molecule has 10 heteroatoms. The van der Waals surface area contributed by atoms with E-state index in [1.807, 2.05) is 24.3 Å². The maximum Gasteiger partial charge on any atom is 0.250 e. The fourth-order valence-electron chi connectivity index (χ4n) is 4.68. The van der Waals surface area contributed by atoms with Gasteiger partial charge in [-0.15, -0.1) is 0 Å². The van der Waals surface area contributed by atoms with E-state index in [9.17, 15) is 18.0 Å². The van der Waals surface area contributed by atoms with Crippen LogP contribution in [0.3, 0.4) is 0 Å². The fraction of sp³-hybridized carbons (Fsp3) is 0.517. The third kappa shape index (κ3) is 9.30. The molecule has 1 unspecified atom stereocenters. The van der Waals surface area contributed by atoms with Gasteiger partial charge in [-0.1, -0.05) is 110 Å². The molecule has 0 saturated heterocycles. The van der Waals surface area contributed by atoms with E-state index in [4.69, 9.17) is 11.6 Å². The highest BCUT2D eigenvalue weighted by molar-refractivity contribution is 9.10. The van der Waals surface area contributed by atoms with Gasteiger partial charge in [0.15, 0.2) is 4.83 Å². The molecule has 0 aliphatic carbocycles. The molecule has 0 saturated carbocycles. The van der Waals surface area contributed by atoms with Gasteiger partial charge in [-0.2, -0.15) is 0 Å². The van der Waals surface area contributed by atoms with Crippen LogP contribution < -0.4 is 14.9 Å². The molecule has 1 heterocycles. The Morgan fingerprint density at radius 1 is 0.974 bits per heavy atom. The van der Waals surface area contributed by atoms with Crippen molar-refractivity contribution in [2.45, 2.75) is 87.3 Å². The Morgan fingerprint density at radius 2 is 1.62 bits per heavy atom. The molecule has 1 aliphatic heterocycles. The van der Waals surface area contributed by atoms with E-state index in [0.717, 1.165) is 36.9 Å². The number of amides is 2. The first-order chi connectivity index (χ1) is 18.7. The van der Waals surface area contributed by atoms with E-state index >= 15 is 0 Å². The fourth-order valence-corrected chi connectivity index (χ4v) is 6.31. The highest BCUT2D eigenvalue weighted by Gasteiger charge is 2.33. The number of fused-ring (bicyclic) bond motifs is 1. The minimum Gasteiger partial charge on any atom is -0.323 e. The van der Waals surface area contributed by atoms with E-state index in [1.54, 1.807) is 4.90 Å². The van der Waals surface area contributed by atoms with Gasteiger partial charge in [0.25, 0.3) is 0 Å². The molecule has 2 amide bonds. The Hall–Kier alpha value is -1.94. The zero-order valence-electron chi connectivity index (χ0n) is 22.6. The Bertz CT molecular complexity index is 1220. The SMILES string of the molecule is CCCCCCCCCCCCNS(=O)(=O)c1ccc(Cl)c(NC(=O)C(Br)C(=O)N2CCc3ccccc32)c1. The number of benzene rings is 2. The maximum atomic E-state index is 13.0. The summed E-state index contributed by atoms with van der Waals surface area (Å²) in [5, 5.41) is 2.78. The second kappa shape index (κ2) is 15.7. The number of hydrogen-bond acceptors (Lipinski definition) is 4. The topological polar surface area (TPSA) is 95.6 Å². The average Bonchev–Trinajstić information content (AvgIpc) is 3.36. The van der Waals surface area contributed by atoms with Crippen LogP contribution in [-0.2, 0) is 26.0 Å². The van der Waals surface area contributed by atoms with Crippen LogP contribution in [0.5, 0.6) is 0 Å². The predicted molar refractivity (Wildman–Crippen MR) is 162 cm³/mol. The molecule has 3 rings (SSSR count). The number of nitrogens with zero attached hydrogens (tertiary/aromatic N) is 1.